The monoisotopic (exact) mass is 861 g/mol. The van der Waals surface area contributed by atoms with E-state index in [1.165, 1.54) is 118 Å². The Kier molecular flexibility index (Phi) is 8.55. The second kappa shape index (κ2) is 14.9. The quantitative estimate of drug-likeness (QED) is 0.135. The highest BCUT2D eigenvalue weighted by molar-refractivity contribution is 6.94. The molecule has 0 saturated heterocycles. The van der Waals surface area contributed by atoms with Crippen molar-refractivity contribution in [1.82, 2.24) is 9.13 Å². The van der Waals surface area contributed by atoms with Crippen LogP contribution in [0.1, 0.15) is 50.7 Å². The number of anilines is 2. The third-order valence-corrected chi connectivity index (χ3v) is 15.0. The van der Waals surface area contributed by atoms with Gasteiger partial charge in [-0.25, -0.2) is 0 Å². The summed E-state index contributed by atoms with van der Waals surface area (Å²) in [5.41, 5.74) is 21.8. The van der Waals surface area contributed by atoms with E-state index in [-0.39, 0.29) is 6.85 Å². The van der Waals surface area contributed by atoms with Gasteiger partial charge in [-0.2, -0.15) is 0 Å². The van der Waals surface area contributed by atoms with E-state index in [9.17, 15) is 0 Å². The molecule has 5 heteroatoms. The van der Waals surface area contributed by atoms with Crippen LogP contribution in [0.4, 0.5) is 11.4 Å². The smallest absolute Gasteiger partial charge is 0.333 e. The molecule has 0 atom stereocenters. The molecule has 4 nitrogen and oxygen atoms in total. The molecule has 5 heterocycles. The van der Waals surface area contributed by atoms with Crippen molar-refractivity contribution in [2.24, 2.45) is 0 Å². The van der Waals surface area contributed by atoms with Crippen LogP contribution in [0.15, 0.2) is 186 Å². The lowest BCUT2D eigenvalue weighted by atomic mass is 9.43. The summed E-state index contributed by atoms with van der Waals surface area (Å²) < 4.78 is 12.4. The molecule has 9 aromatic carbocycles. The van der Waals surface area contributed by atoms with E-state index in [2.05, 4.69) is 210 Å². The Morgan fingerprint density at radius 1 is 0.478 bits per heavy atom. The van der Waals surface area contributed by atoms with Crippen LogP contribution in [-0.4, -0.2) is 16.0 Å². The Bertz CT molecular complexity index is 3970. The maximum Gasteiger partial charge on any atom is 0.333 e. The Hall–Kier alpha value is -7.76. The first-order valence-electron chi connectivity index (χ1n) is 24.3. The van der Waals surface area contributed by atoms with Gasteiger partial charge in [0, 0.05) is 71.8 Å². The van der Waals surface area contributed by atoms with Gasteiger partial charge in [-0.3, -0.25) is 0 Å². The number of fused-ring (bicyclic) bond motifs is 15. The minimum atomic E-state index is -0.166. The second-order valence-corrected chi connectivity index (χ2v) is 18.8. The molecular weight excluding hydrogens is 814 g/mol. The molecule has 320 valence electrons. The number of benzene rings is 9. The first kappa shape index (κ1) is 38.5. The van der Waals surface area contributed by atoms with Gasteiger partial charge in [0.1, 0.15) is 11.2 Å². The predicted molar refractivity (Wildman–Crippen MR) is 284 cm³/mol. The fraction of sp³-hybridized carbons (Fsp3) is 0.129. The van der Waals surface area contributed by atoms with Crippen molar-refractivity contribution in [3.05, 3.63) is 193 Å². The molecule has 0 spiro atoms. The Morgan fingerprint density at radius 3 is 2.00 bits per heavy atom. The van der Waals surface area contributed by atoms with Crippen LogP contribution in [0, 0.1) is 0 Å². The van der Waals surface area contributed by atoms with Gasteiger partial charge >= 0.3 is 6.85 Å². The normalized spacial score (nSPS) is 12.9. The molecule has 67 heavy (non-hydrogen) atoms. The molecule has 0 fully saturated rings. The molecule has 2 aliphatic heterocycles. The highest BCUT2D eigenvalue weighted by Gasteiger charge is 2.47. The molecule has 0 N–H and O–H groups in total. The minimum absolute atomic E-state index is 0.166. The summed E-state index contributed by atoms with van der Waals surface area (Å²) in [4.78, 5) is 2.72. The molecule has 3 aromatic heterocycles. The van der Waals surface area contributed by atoms with Gasteiger partial charge in [0.25, 0.3) is 0 Å². The van der Waals surface area contributed by atoms with Crippen molar-refractivity contribution in [2.75, 3.05) is 4.81 Å². The number of unbranched alkanes of at least 4 members (excludes halogenated alkanes) is 2. The zero-order chi connectivity index (χ0) is 44.3. The molecule has 0 saturated carbocycles. The average molecular weight is 862 g/mol. The highest BCUT2D eigenvalue weighted by Crippen LogP contribution is 2.53. The van der Waals surface area contributed by atoms with Crippen molar-refractivity contribution in [1.29, 1.82) is 0 Å². The number of hydrogen-bond donors (Lipinski definition) is 0. The van der Waals surface area contributed by atoms with Crippen LogP contribution in [0.5, 0.6) is 0 Å². The van der Waals surface area contributed by atoms with E-state index in [0.717, 1.165) is 53.3 Å². The number of rotatable bonds is 9. The lowest BCUT2D eigenvalue weighted by molar-refractivity contribution is 0.670. The maximum absolute atomic E-state index is 7.29. The van der Waals surface area contributed by atoms with Crippen molar-refractivity contribution in [2.45, 2.75) is 52.4 Å². The van der Waals surface area contributed by atoms with Crippen LogP contribution in [0.3, 0.4) is 0 Å². The SMILES string of the molecule is CCCCc1ccc2c(c1)c1cc(CCCC)cc3c1n2-c1cc2c(oc4ccccc42)c2c1B3N(c1ccccc1-c1ccccc1)c1ccc3c(c1-2)c1ccccc1n3-c1ccccc1. The molecule has 0 aliphatic carbocycles. The summed E-state index contributed by atoms with van der Waals surface area (Å²) in [5, 5.41) is 7.44. The third kappa shape index (κ3) is 5.49. The summed E-state index contributed by atoms with van der Waals surface area (Å²) in [5.74, 6) is 0. The molecule has 0 amide bonds. The van der Waals surface area contributed by atoms with Crippen molar-refractivity contribution >= 4 is 94.7 Å². The van der Waals surface area contributed by atoms with E-state index in [1.54, 1.807) is 0 Å². The van der Waals surface area contributed by atoms with Crippen molar-refractivity contribution in [3.63, 3.8) is 0 Å². The van der Waals surface area contributed by atoms with Crippen LogP contribution in [0.2, 0.25) is 0 Å². The van der Waals surface area contributed by atoms with Gasteiger partial charge in [-0.05, 0) is 120 Å². The van der Waals surface area contributed by atoms with E-state index >= 15 is 0 Å². The molecule has 0 bridgehead atoms. The fourth-order valence-electron chi connectivity index (χ4n) is 12.1. The summed E-state index contributed by atoms with van der Waals surface area (Å²) in [6, 6.07) is 68.3. The van der Waals surface area contributed by atoms with E-state index < -0.39 is 0 Å². The molecule has 0 unspecified atom stereocenters. The van der Waals surface area contributed by atoms with Crippen molar-refractivity contribution in [3.8, 4) is 33.6 Å². The number of hydrogen-bond acceptors (Lipinski definition) is 2. The summed E-state index contributed by atoms with van der Waals surface area (Å²) >= 11 is 0. The molecule has 0 radical (unpaired) electrons. The number of aryl methyl sites for hydroxylation is 2. The van der Waals surface area contributed by atoms with Gasteiger partial charge in [0.2, 0.25) is 0 Å². The fourth-order valence-corrected chi connectivity index (χ4v) is 12.1. The molecule has 2 aliphatic rings. The Labute approximate surface area is 390 Å². The molecule has 12 aromatic rings. The zero-order valence-electron chi connectivity index (χ0n) is 37.9. The number of furan rings is 1. The minimum Gasteiger partial charge on any atom is -0.455 e. The van der Waals surface area contributed by atoms with Gasteiger partial charge in [0.15, 0.2) is 0 Å². The van der Waals surface area contributed by atoms with Gasteiger partial charge in [0.05, 0.1) is 22.1 Å². The first-order valence-corrected chi connectivity index (χ1v) is 24.3. The Morgan fingerprint density at radius 2 is 1.16 bits per heavy atom. The first-order chi connectivity index (χ1) is 33.2. The van der Waals surface area contributed by atoms with Crippen LogP contribution >= 0.6 is 0 Å². The number of aromatic nitrogens is 2. The van der Waals surface area contributed by atoms with Gasteiger partial charge in [-0.15, -0.1) is 0 Å². The lowest BCUT2D eigenvalue weighted by Gasteiger charge is -2.43. The van der Waals surface area contributed by atoms with E-state index in [0.29, 0.717) is 0 Å². The standard InChI is InChI=1S/C62H48BN3O/c1-3-5-19-39-31-32-51-46(35-39)47-36-40(20-6-4-2)37-49-61(47)65(51)55-38-48-44-26-15-18-30-56(44)67-62(48)59-58-54(66(63(49)60(55)59)52-29-17-13-25-43(52)41-21-9-7-10-22-41)34-33-53-57(58)45-27-14-16-28-50(45)64(53)42-23-11-8-12-24-42/h7-18,21-38H,3-6,19-20H2,1-2H3. The Balaban J connectivity index is 1.21. The maximum atomic E-state index is 7.29. The van der Waals surface area contributed by atoms with Crippen LogP contribution in [-0.2, 0) is 12.8 Å². The summed E-state index contributed by atoms with van der Waals surface area (Å²) in [6.07, 6.45) is 6.76. The van der Waals surface area contributed by atoms with E-state index in [4.69, 9.17) is 4.42 Å². The molecule has 14 rings (SSSR count). The lowest BCUT2D eigenvalue weighted by Crippen LogP contribution is -2.60. The van der Waals surface area contributed by atoms with Gasteiger partial charge < -0.3 is 18.4 Å². The zero-order valence-corrected chi connectivity index (χ0v) is 37.9. The van der Waals surface area contributed by atoms with Crippen LogP contribution < -0.4 is 15.7 Å². The topological polar surface area (TPSA) is 26.2 Å². The van der Waals surface area contributed by atoms with Crippen LogP contribution in [0.25, 0.3) is 99.2 Å². The average Bonchev–Trinajstić information content (AvgIpc) is 4.04. The van der Waals surface area contributed by atoms with Gasteiger partial charge in [-0.1, -0.05) is 142 Å². The predicted octanol–water partition coefficient (Wildman–Crippen LogP) is 15.4. The molecular formula is C62H48BN3O. The number of para-hydroxylation sites is 4. The largest absolute Gasteiger partial charge is 0.455 e. The summed E-state index contributed by atoms with van der Waals surface area (Å²) in [7, 11) is 0. The van der Waals surface area contributed by atoms with Crippen molar-refractivity contribution < 1.29 is 4.42 Å². The summed E-state index contributed by atoms with van der Waals surface area (Å²) in [6.45, 7) is 4.44. The number of nitrogens with zero attached hydrogens (tertiary/aromatic N) is 3. The second-order valence-electron chi connectivity index (χ2n) is 18.8. The highest BCUT2D eigenvalue weighted by atomic mass is 16.3. The van der Waals surface area contributed by atoms with E-state index in [1.807, 2.05) is 0 Å². The third-order valence-electron chi connectivity index (χ3n) is 15.0.